The third-order valence-corrected chi connectivity index (χ3v) is 1.29. The van der Waals surface area contributed by atoms with Crippen LogP contribution in [-0.4, -0.2) is 29.2 Å². The summed E-state index contributed by atoms with van der Waals surface area (Å²) in [6.45, 7) is 0.0249. The lowest BCUT2D eigenvalue weighted by atomic mass is 10.2. The van der Waals surface area contributed by atoms with Crippen molar-refractivity contribution in [1.29, 1.82) is 0 Å². The highest BCUT2D eigenvalue weighted by Crippen LogP contribution is 2.16. The van der Waals surface area contributed by atoms with E-state index in [1.807, 2.05) is 0 Å². The highest BCUT2D eigenvalue weighted by molar-refractivity contribution is 4.64. The molecule has 0 aromatic rings. The normalized spacial score (nSPS) is 38.2. The maximum absolute atomic E-state index is 8.70. The number of hydrogen-bond acceptors (Lipinski definition) is 3. The molecule has 8 heavy (non-hydrogen) atoms. The van der Waals surface area contributed by atoms with Gasteiger partial charge in [-0.05, 0) is 6.42 Å². The monoisotopic (exact) mass is 118 g/mol. The van der Waals surface area contributed by atoms with E-state index >= 15 is 0 Å². The molecule has 0 saturated carbocycles. The molecule has 1 unspecified atom stereocenters. The summed E-state index contributed by atoms with van der Waals surface area (Å²) < 4.78 is 4.82. The van der Waals surface area contributed by atoms with Crippen molar-refractivity contribution >= 4 is 0 Å². The van der Waals surface area contributed by atoms with E-state index in [9.17, 15) is 0 Å². The molecule has 2 N–H and O–H groups in total. The number of ether oxygens (including phenoxy) is 1. The molecular weight excluding hydrogens is 108 g/mol. The van der Waals surface area contributed by atoms with E-state index in [2.05, 4.69) is 0 Å². The zero-order chi connectivity index (χ0) is 5.98. The van der Waals surface area contributed by atoms with Crippen LogP contribution in [0.5, 0.6) is 0 Å². The maximum atomic E-state index is 8.70. The quantitative estimate of drug-likeness (QED) is 0.487. The molecule has 0 aromatic carbocycles. The van der Waals surface area contributed by atoms with Gasteiger partial charge >= 0.3 is 0 Å². The lowest BCUT2D eigenvalue weighted by Gasteiger charge is -2.04. The van der Waals surface area contributed by atoms with E-state index in [1.54, 1.807) is 0 Å². The van der Waals surface area contributed by atoms with Gasteiger partial charge in [-0.25, -0.2) is 0 Å². The predicted octanol–water partition coefficient (Wildman–Crippen LogP) is -0.524. The molecule has 3 nitrogen and oxygen atoms in total. The van der Waals surface area contributed by atoms with Crippen molar-refractivity contribution in [3.63, 3.8) is 0 Å². The maximum Gasteiger partial charge on any atom is 0.155 e. The lowest BCUT2D eigenvalue weighted by Crippen LogP contribution is -2.13. The third-order valence-electron chi connectivity index (χ3n) is 1.29. The van der Waals surface area contributed by atoms with Crippen LogP contribution < -0.4 is 0 Å². The number of hydrogen-bond donors (Lipinski definition) is 2. The van der Waals surface area contributed by atoms with E-state index in [0.717, 1.165) is 6.42 Å². The molecule has 2 atom stereocenters. The average Bonchev–Trinajstić information content (AvgIpc) is 2.14. The van der Waals surface area contributed by atoms with Crippen LogP contribution in [0.2, 0.25) is 0 Å². The van der Waals surface area contributed by atoms with Crippen LogP contribution >= 0.6 is 0 Å². The fourth-order valence-electron chi connectivity index (χ4n) is 0.821. The van der Waals surface area contributed by atoms with Gasteiger partial charge in [-0.3, -0.25) is 0 Å². The van der Waals surface area contributed by atoms with Crippen LogP contribution in [0.1, 0.15) is 12.8 Å². The molecular formula is C5H10O3. The van der Waals surface area contributed by atoms with Crippen molar-refractivity contribution in [2.75, 3.05) is 6.61 Å². The lowest BCUT2D eigenvalue weighted by molar-refractivity contribution is -0.101. The molecule has 1 saturated heterocycles. The first-order valence-electron chi connectivity index (χ1n) is 2.77. The Morgan fingerprint density at radius 2 is 2.25 bits per heavy atom. The van der Waals surface area contributed by atoms with Crippen LogP contribution in [0.4, 0.5) is 0 Å². The van der Waals surface area contributed by atoms with Gasteiger partial charge in [-0.1, -0.05) is 0 Å². The Morgan fingerprint density at radius 1 is 1.50 bits per heavy atom. The van der Waals surface area contributed by atoms with Gasteiger partial charge in [0.15, 0.2) is 6.29 Å². The summed E-state index contributed by atoms with van der Waals surface area (Å²) in [4.78, 5) is 0. The van der Waals surface area contributed by atoms with E-state index in [-0.39, 0.29) is 12.7 Å². The van der Waals surface area contributed by atoms with Gasteiger partial charge in [0.05, 0.1) is 12.7 Å². The Kier molecular flexibility index (Phi) is 1.83. The van der Waals surface area contributed by atoms with Crippen LogP contribution in [0.3, 0.4) is 0 Å². The van der Waals surface area contributed by atoms with Gasteiger partial charge in [0.1, 0.15) is 0 Å². The van der Waals surface area contributed by atoms with Gasteiger partial charge in [-0.15, -0.1) is 0 Å². The number of aliphatic hydroxyl groups is 2. The van der Waals surface area contributed by atoms with E-state index in [0.29, 0.717) is 6.42 Å². The molecule has 0 spiro atoms. The fourth-order valence-corrected chi connectivity index (χ4v) is 0.821. The molecule has 1 heterocycles. The largest absolute Gasteiger partial charge is 0.394 e. The van der Waals surface area contributed by atoms with E-state index in [1.165, 1.54) is 0 Å². The third kappa shape index (κ3) is 1.18. The van der Waals surface area contributed by atoms with E-state index in [4.69, 9.17) is 14.9 Å². The Hall–Kier alpha value is -0.120. The minimum Gasteiger partial charge on any atom is -0.394 e. The number of rotatable bonds is 1. The molecule has 0 bridgehead atoms. The molecule has 0 aliphatic carbocycles. The first-order chi connectivity index (χ1) is 3.83. The summed E-state index contributed by atoms with van der Waals surface area (Å²) in [5.41, 5.74) is 0. The Balaban J connectivity index is 2.22. The zero-order valence-corrected chi connectivity index (χ0v) is 4.58. The van der Waals surface area contributed by atoms with Gasteiger partial charge in [0.2, 0.25) is 0 Å². The second-order valence-electron chi connectivity index (χ2n) is 1.97. The highest BCUT2D eigenvalue weighted by Gasteiger charge is 2.21. The van der Waals surface area contributed by atoms with Crippen molar-refractivity contribution in [3.8, 4) is 0 Å². The minimum atomic E-state index is -0.632. The standard InChI is InChI=1S/C5H10O3/c6-3-4-1-2-5(7)8-4/h4-7H,1-3H2/t4-,5?/m1/s1. The summed E-state index contributed by atoms with van der Waals surface area (Å²) in [6, 6.07) is 0. The smallest absolute Gasteiger partial charge is 0.155 e. The van der Waals surface area contributed by atoms with Gasteiger partial charge in [0, 0.05) is 6.42 Å². The molecule has 1 aliphatic rings. The molecule has 0 aromatic heterocycles. The Morgan fingerprint density at radius 3 is 2.50 bits per heavy atom. The van der Waals surface area contributed by atoms with Crippen LogP contribution in [-0.2, 0) is 4.74 Å². The topological polar surface area (TPSA) is 49.7 Å². The van der Waals surface area contributed by atoms with Gasteiger partial charge in [0.25, 0.3) is 0 Å². The zero-order valence-electron chi connectivity index (χ0n) is 4.58. The molecule has 48 valence electrons. The van der Waals surface area contributed by atoms with Gasteiger partial charge in [-0.2, -0.15) is 0 Å². The predicted molar refractivity (Wildman–Crippen MR) is 27.2 cm³/mol. The van der Waals surface area contributed by atoms with Crippen molar-refractivity contribution in [1.82, 2.24) is 0 Å². The summed E-state index contributed by atoms with van der Waals surface area (Å²) in [5.74, 6) is 0. The second-order valence-corrected chi connectivity index (χ2v) is 1.97. The number of aliphatic hydroxyl groups excluding tert-OH is 2. The van der Waals surface area contributed by atoms with Crippen LogP contribution in [0.15, 0.2) is 0 Å². The molecule has 1 fully saturated rings. The molecule has 0 amide bonds. The van der Waals surface area contributed by atoms with Crippen LogP contribution in [0, 0.1) is 0 Å². The minimum absolute atomic E-state index is 0.0249. The summed E-state index contributed by atoms with van der Waals surface area (Å²) in [7, 11) is 0. The van der Waals surface area contributed by atoms with Crippen LogP contribution in [0.25, 0.3) is 0 Å². The summed E-state index contributed by atoms with van der Waals surface area (Å²) in [5, 5.41) is 17.1. The van der Waals surface area contributed by atoms with E-state index < -0.39 is 6.29 Å². The molecule has 3 heteroatoms. The highest BCUT2D eigenvalue weighted by atomic mass is 16.6. The Bertz CT molecular complexity index is 74.1. The first-order valence-corrected chi connectivity index (χ1v) is 2.77. The Labute approximate surface area is 47.9 Å². The summed E-state index contributed by atoms with van der Waals surface area (Å²) in [6.07, 6.45) is 0.681. The van der Waals surface area contributed by atoms with Crippen molar-refractivity contribution in [2.24, 2.45) is 0 Å². The van der Waals surface area contributed by atoms with Gasteiger partial charge < -0.3 is 14.9 Å². The second kappa shape index (κ2) is 2.44. The fraction of sp³-hybridized carbons (Fsp3) is 1.00. The first kappa shape index (κ1) is 6.01. The average molecular weight is 118 g/mol. The SMILES string of the molecule is OC[C@H]1CCC(O)O1. The van der Waals surface area contributed by atoms with Crippen molar-refractivity contribution in [2.45, 2.75) is 25.2 Å². The van der Waals surface area contributed by atoms with Crippen molar-refractivity contribution in [3.05, 3.63) is 0 Å². The molecule has 0 radical (unpaired) electrons. The summed E-state index contributed by atoms with van der Waals surface area (Å²) >= 11 is 0. The molecule has 1 rings (SSSR count). The molecule has 1 aliphatic heterocycles. The van der Waals surface area contributed by atoms with Crippen molar-refractivity contribution < 1.29 is 14.9 Å².